The molecule has 3 aromatic carbocycles. The summed E-state index contributed by atoms with van der Waals surface area (Å²) in [6, 6.07) is 21.5. The number of nitrogens with one attached hydrogen (secondary N) is 1. The number of nitrogens with two attached hydrogens (primary N) is 1. The van der Waals surface area contributed by atoms with Crippen molar-refractivity contribution in [2.24, 2.45) is 5.84 Å². The molecule has 1 unspecified atom stereocenters. The number of anilines is 1. The molecule has 39 heavy (non-hydrogen) atoms. The predicted octanol–water partition coefficient (Wildman–Crippen LogP) is 5.55. The highest BCUT2D eigenvalue weighted by Gasteiger charge is 2.45. The second-order valence-electron chi connectivity index (χ2n) is 9.29. The van der Waals surface area contributed by atoms with E-state index in [2.05, 4.69) is 5.32 Å². The molecular weight excluding hydrogens is 522 g/mol. The van der Waals surface area contributed by atoms with Gasteiger partial charge in [-0.1, -0.05) is 54.1 Å². The van der Waals surface area contributed by atoms with Crippen molar-refractivity contribution in [3.8, 4) is 11.3 Å². The van der Waals surface area contributed by atoms with Crippen LogP contribution in [0.3, 0.4) is 0 Å². The molecule has 4 N–H and O–H groups in total. The van der Waals surface area contributed by atoms with Crippen molar-refractivity contribution in [3.05, 3.63) is 89.4 Å². The van der Waals surface area contributed by atoms with Gasteiger partial charge in [-0.25, -0.2) is 25.3 Å². The maximum absolute atomic E-state index is 13.6. The Labute approximate surface area is 229 Å². The Morgan fingerprint density at radius 1 is 1.05 bits per heavy atom. The standard InChI is InChI=1S/C28H26ClN5O5/c1-17(13-25(35)36)33-27(37)32(16-18-7-9-21(29)10-8-18)26(34(30)28(33)38)31-22-11-12-23-20(14-22)15-24(39-23)19-5-3-2-4-6-19/h2-12,14-15,17,26,31H,13,16,30H2,1H3,(H,35,36)/t17-,26?/m0/s1. The normalized spacial score (nSPS) is 16.6. The zero-order chi connectivity index (χ0) is 27.7. The summed E-state index contributed by atoms with van der Waals surface area (Å²) < 4.78 is 5.99. The van der Waals surface area contributed by atoms with Crippen molar-refractivity contribution in [3.63, 3.8) is 0 Å². The van der Waals surface area contributed by atoms with Gasteiger partial charge >= 0.3 is 18.0 Å². The van der Waals surface area contributed by atoms with Crippen molar-refractivity contribution in [2.45, 2.75) is 32.2 Å². The topological polar surface area (TPSA) is 132 Å². The van der Waals surface area contributed by atoms with Gasteiger partial charge in [-0.2, -0.15) is 0 Å². The minimum Gasteiger partial charge on any atom is -0.481 e. The van der Waals surface area contributed by atoms with Crippen LogP contribution in [-0.4, -0.2) is 50.3 Å². The molecule has 4 aromatic rings. The van der Waals surface area contributed by atoms with Crippen LogP contribution < -0.4 is 11.2 Å². The largest absolute Gasteiger partial charge is 0.481 e. The van der Waals surface area contributed by atoms with Gasteiger partial charge in [-0.05, 0) is 48.9 Å². The number of furan rings is 1. The second kappa shape index (κ2) is 10.7. The van der Waals surface area contributed by atoms with Gasteiger partial charge in [0.2, 0.25) is 6.29 Å². The molecule has 2 heterocycles. The number of carbonyl (C=O) groups excluding carboxylic acids is 2. The minimum atomic E-state index is -1.14. The molecule has 5 rings (SSSR count). The lowest BCUT2D eigenvalue weighted by Gasteiger charge is -2.46. The molecule has 1 aliphatic heterocycles. The summed E-state index contributed by atoms with van der Waals surface area (Å²) in [4.78, 5) is 40.4. The summed E-state index contributed by atoms with van der Waals surface area (Å²) in [5.74, 6) is 5.82. The number of halogens is 1. The van der Waals surface area contributed by atoms with E-state index in [0.29, 0.717) is 22.1 Å². The summed E-state index contributed by atoms with van der Waals surface area (Å²) in [5.41, 5.74) is 2.94. The third-order valence-electron chi connectivity index (χ3n) is 6.48. The van der Waals surface area contributed by atoms with E-state index < -0.39 is 36.8 Å². The molecule has 1 saturated heterocycles. The molecule has 2 atom stereocenters. The lowest BCUT2D eigenvalue weighted by atomic mass is 10.1. The van der Waals surface area contributed by atoms with Gasteiger partial charge in [-0.3, -0.25) is 9.69 Å². The number of carbonyl (C=O) groups is 3. The van der Waals surface area contributed by atoms with E-state index in [1.54, 1.807) is 36.4 Å². The van der Waals surface area contributed by atoms with E-state index in [1.807, 2.05) is 42.5 Å². The molecule has 1 aliphatic rings. The molecule has 4 amide bonds. The summed E-state index contributed by atoms with van der Waals surface area (Å²) in [6.45, 7) is 1.57. The van der Waals surface area contributed by atoms with Gasteiger partial charge in [-0.15, -0.1) is 0 Å². The third-order valence-corrected chi connectivity index (χ3v) is 6.74. The minimum absolute atomic E-state index is 0.0804. The smallest absolute Gasteiger partial charge is 0.346 e. The molecule has 1 fully saturated rings. The summed E-state index contributed by atoms with van der Waals surface area (Å²) in [5, 5.41) is 14.7. The Bertz CT molecular complexity index is 1520. The van der Waals surface area contributed by atoms with Crippen molar-refractivity contribution < 1.29 is 23.9 Å². The number of fused-ring (bicyclic) bond motifs is 1. The Balaban J connectivity index is 1.47. The van der Waals surface area contributed by atoms with E-state index in [-0.39, 0.29) is 6.54 Å². The maximum atomic E-state index is 13.6. The zero-order valence-corrected chi connectivity index (χ0v) is 21.7. The number of nitrogens with zero attached hydrogens (tertiary/aromatic N) is 3. The first-order valence-corrected chi connectivity index (χ1v) is 12.6. The van der Waals surface area contributed by atoms with Crippen molar-refractivity contribution in [1.29, 1.82) is 0 Å². The van der Waals surface area contributed by atoms with Gasteiger partial charge < -0.3 is 14.8 Å². The molecule has 10 nitrogen and oxygen atoms in total. The van der Waals surface area contributed by atoms with Crippen LogP contribution in [0.25, 0.3) is 22.3 Å². The Morgan fingerprint density at radius 3 is 2.46 bits per heavy atom. The van der Waals surface area contributed by atoms with Gasteiger partial charge in [0.1, 0.15) is 11.3 Å². The summed E-state index contributed by atoms with van der Waals surface area (Å²) in [7, 11) is 0. The predicted molar refractivity (Wildman–Crippen MR) is 146 cm³/mol. The van der Waals surface area contributed by atoms with Gasteiger partial charge in [0.15, 0.2) is 0 Å². The fourth-order valence-electron chi connectivity index (χ4n) is 4.54. The zero-order valence-electron chi connectivity index (χ0n) is 21.0. The highest BCUT2D eigenvalue weighted by atomic mass is 35.5. The van der Waals surface area contributed by atoms with E-state index in [0.717, 1.165) is 26.4 Å². The SMILES string of the molecule is C[C@@H](CC(=O)O)N1C(=O)N(N)C(Nc2ccc3oc(-c4ccccc4)cc3c2)N(Cc2ccc(Cl)cc2)C1=O. The van der Waals surface area contributed by atoms with Crippen molar-refractivity contribution >= 4 is 46.3 Å². The van der Waals surface area contributed by atoms with Crippen molar-refractivity contribution in [2.75, 3.05) is 5.32 Å². The Morgan fingerprint density at radius 2 is 1.77 bits per heavy atom. The average Bonchev–Trinajstić information content (AvgIpc) is 3.34. The monoisotopic (exact) mass is 547 g/mol. The van der Waals surface area contributed by atoms with Crippen LogP contribution in [0.15, 0.2) is 83.3 Å². The number of hydrogen-bond donors (Lipinski definition) is 3. The molecule has 0 bridgehead atoms. The molecule has 0 spiro atoms. The first-order chi connectivity index (χ1) is 18.7. The van der Waals surface area contributed by atoms with Crippen LogP contribution in [0.2, 0.25) is 5.02 Å². The van der Waals surface area contributed by atoms with Crippen LogP contribution in [-0.2, 0) is 11.3 Å². The van der Waals surface area contributed by atoms with Crippen LogP contribution in [0.4, 0.5) is 15.3 Å². The van der Waals surface area contributed by atoms with Crippen molar-refractivity contribution in [1.82, 2.24) is 14.8 Å². The molecule has 0 saturated carbocycles. The van der Waals surface area contributed by atoms with E-state index in [9.17, 15) is 19.5 Å². The van der Waals surface area contributed by atoms with E-state index in [4.69, 9.17) is 21.9 Å². The molecule has 200 valence electrons. The van der Waals surface area contributed by atoms with Crippen LogP contribution in [0, 0.1) is 0 Å². The van der Waals surface area contributed by atoms with Gasteiger partial charge in [0.05, 0.1) is 19.0 Å². The van der Waals surface area contributed by atoms with Crippen LogP contribution in [0.1, 0.15) is 18.9 Å². The lowest BCUT2D eigenvalue weighted by molar-refractivity contribution is -0.138. The highest BCUT2D eigenvalue weighted by molar-refractivity contribution is 6.30. The number of carboxylic acids is 1. The second-order valence-corrected chi connectivity index (χ2v) is 9.73. The quantitative estimate of drug-likeness (QED) is 0.195. The summed E-state index contributed by atoms with van der Waals surface area (Å²) in [6.07, 6.45) is -1.48. The fourth-order valence-corrected chi connectivity index (χ4v) is 4.67. The lowest BCUT2D eigenvalue weighted by Crippen LogP contribution is -2.71. The average molecular weight is 548 g/mol. The number of hydrogen-bond acceptors (Lipinski definition) is 6. The molecule has 11 heteroatoms. The van der Waals surface area contributed by atoms with Gasteiger partial charge in [0.25, 0.3) is 0 Å². The number of imide groups is 1. The first-order valence-electron chi connectivity index (χ1n) is 12.2. The number of aliphatic carboxylic acids is 1. The Kier molecular flexibility index (Phi) is 7.14. The fraction of sp³-hybridized carbons (Fsp3) is 0.179. The number of benzene rings is 3. The van der Waals surface area contributed by atoms with Crippen LogP contribution >= 0.6 is 11.6 Å². The highest BCUT2D eigenvalue weighted by Crippen LogP contribution is 2.31. The number of urea groups is 2. The molecule has 1 aromatic heterocycles. The summed E-state index contributed by atoms with van der Waals surface area (Å²) >= 11 is 6.03. The van der Waals surface area contributed by atoms with Crippen LogP contribution in [0.5, 0.6) is 0 Å². The Hall–Kier alpha value is -4.54. The number of hydrazine groups is 1. The number of amides is 4. The number of rotatable bonds is 8. The molecule has 0 aliphatic carbocycles. The van der Waals surface area contributed by atoms with Gasteiger partial charge in [0, 0.05) is 21.7 Å². The number of carboxylic acid groups (broad SMARTS) is 1. The molecule has 0 radical (unpaired) electrons. The van der Waals surface area contributed by atoms with E-state index in [1.165, 1.54) is 11.8 Å². The first kappa shape index (κ1) is 26.1. The maximum Gasteiger partial charge on any atom is 0.346 e. The van der Waals surface area contributed by atoms with E-state index >= 15 is 0 Å². The third kappa shape index (κ3) is 5.38. The molecular formula is C28H26ClN5O5.